The van der Waals surface area contributed by atoms with E-state index in [1.807, 2.05) is 31.2 Å². The summed E-state index contributed by atoms with van der Waals surface area (Å²) in [6.45, 7) is 2.12. The van der Waals surface area contributed by atoms with E-state index in [-0.39, 0.29) is 30.5 Å². The molecular weight excluding hydrogens is 296 g/mol. The molecule has 3 rings (SSSR count). The Balaban J connectivity index is 1.53. The van der Waals surface area contributed by atoms with Crippen LogP contribution in [0.3, 0.4) is 0 Å². The summed E-state index contributed by atoms with van der Waals surface area (Å²) < 4.78 is 10.7. The zero-order chi connectivity index (χ0) is 16.4. The molecule has 1 aromatic rings. The summed E-state index contributed by atoms with van der Waals surface area (Å²) >= 11 is 0. The topological polar surface area (TPSA) is 76.0 Å². The van der Waals surface area contributed by atoms with E-state index in [1.165, 1.54) is 0 Å². The number of esters is 1. The van der Waals surface area contributed by atoms with Gasteiger partial charge in [-0.1, -0.05) is 24.3 Å². The van der Waals surface area contributed by atoms with Gasteiger partial charge in [-0.25, -0.2) is 0 Å². The van der Waals surface area contributed by atoms with E-state index in [2.05, 4.69) is 0 Å². The summed E-state index contributed by atoms with van der Waals surface area (Å²) in [6.07, 6.45) is 2.76. The maximum atomic E-state index is 11.3. The molecule has 5 heteroatoms. The van der Waals surface area contributed by atoms with E-state index < -0.39 is 12.2 Å². The van der Waals surface area contributed by atoms with Crippen molar-refractivity contribution in [3.05, 3.63) is 42.0 Å². The van der Waals surface area contributed by atoms with E-state index in [0.717, 1.165) is 5.56 Å². The van der Waals surface area contributed by atoms with E-state index >= 15 is 0 Å². The summed E-state index contributed by atoms with van der Waals surface area (Å²) in [7, 11) is 0. The number of hydrogen-bond acceptors (Lipinski definition) is 5. The number of benzene rings is 1. The molecule has 5 atom stereocenters. The minimum atomic E-state index is -0.764. The van der Waals surface area contributed by atoms with E-state index in [4.69, 9.17) is 9.47 Å². The zero-order valence-electron chi connectivity index (χ0n) is 13.1. The maximum Gasteiger partial charge on any atom is 0.306 e. The van der Waals surface area contributed by atoms with Crippen LogP contribution in [-0.2, 0) is 9.53 Å². The fourth-order valence-corrected chi connectivity index (χ4v) is 3.39. The minimum absolute atomic E-state index is 0.0126. The number of carbonyl (C=O) groups excluding carboxylic acids is 1. The third-order valence-electron chi connectivity index (χ3n) is 4.54. The van der Waals surface area contributed by atoms with Gasteiger partial charge in [-0.05, 0) is 24.6 Å². The lowest BCUT2D eigenvalue weighted by Gasteiger charge is -2.15. The Morgan fingerprint density at radius 2 is 2.30 bits per heavy atom. The van der Waals surface area contributed by atoms with Gasteiger partial charge in [0.1, 0.15) is 24.6 Å². The van der Waals surface area contributed by atoms with Gasteiger partial charge < -0.3 is 19.7 Å². The van der Waals surface area contributed by atoms with Crippen molar-refractivity contribution < 1.29 is 24.5 Å². The number of aliphatic hydroxyl groups excluding tert-OH is 2. The Morgan fingerprint density at radius 3 is 3.09 bits per heavy atom. The molecule has 1 aromatic carbocycles. The minimum Gasteiger partial charge on any atom is -0.491 e. The molecule has 0 unspecified atom stereocenters. The summed E-state index contributed by atoms with van der Waals surface area (Å²) in [6, 6.07) is 7.63. The third kappa shape index (κ3) is 3.74. The molecule has 23 heavy (non-hydrogen) atoms. The van der Waals surface area contributed by atoms with Crippen LogP contribution in [0, 0.1) is 18.8 Å². The van der Waals surface area contributed by atoms with Gasteiger partial charge in [-0.2, -0.15) is 0 Å². The number of rotatable bonds is 5. The molecule has 1 aliphatic heterocycles. The van der Waals surface area contributed by atoms with E-state index in [0.29, 0.717) is 18.6 Å². The second-order valence-electron chi connectivity index (χ2n) is 6.36. The molecule has 1 heterocycles. The van der Waals surface area contributed by atoms with Gasteiger partial charge >= 0.3 is 5.97 Å². The van der Waals surface area contributed by atoms with Crippen molar-refractivity contribution in [2.75, 3.05) is 6.61 Å². The second kappa shape index (κ2) is 6.72. The van der Waals surface area contributed by atoms with Crippen LogP contribution in [0.25, 0.3) is 0 Å². The summed E-state index contributed by atoms with van der Waals surface area (Å²) in [5.74, 6) is 0.376. The molecule has 1 saturated heterocycles. The number of fused-ring (bicyclic) bond motifs is 1. The van der Waals surface area contributed by atoms with Crippen LogP contribution < -0.4 is 4.74 Å². The molecule has 2 fully saturated rings. The first-order valence-corrected chi connectivity index (χ1v) is 7.96. The number of hydrogen-bond donors (Lipinski definition) is 2. The van der Waals surface area contributed by atoms with Crippen molar-refractivity contribution in [3.8, 4) is 5.75 Å². The molecule has 0 bridgehead atoms. The molecule has 0 spiro atoms. The van der Waals surface area contributed by atoms with Crippen molar-refractivity contribution in [1.82, 2.24) is 0 Å². The number of aliphatic hydroxyl groups is 2. The summed E-state index contributed by atoms with van der Waals surface area (Å²) in [5.41, 5.74) is 1.10. The van der Waals surface area contributed by atoms with Crippen molar-refractivity contribution in [2.45, 2.75) is 38.1 Å². The van der Waals surface area contributed by atoms with Crippen LogP contribution in [0.4, 0.5) is 0 Å². The van der Waals surface area contributed by atoms with Crippen LogP contribution in [-0.4, -0.2) is 41.1 Å². The van der Waals surface area contributed by atoms with Gasteiger partial charge in [0.15, 0.2) is 0 Å². The Kier molecular flexibility index (Phi) is 4.68. The number of aryl methyl sites for hydroxylation is 1. The molecular formula is C18H22O5. The lowest BCUT2D eigenvalue weighted by Crippen LogP contribution is -2.20. The average Bonchev–Trinajstić information content (AvgIpc) is 2.98. The van der Waals surface area contributed by atoms with Gasteiger partial charge in [-0.3, -0.25) is 4.79 Å². The van der Waals surface area contributed by atoms with Crippen molar-refractivity contribution in [2.24, 2.45) is 11.8 Å². The van der Waals surface area contributed by atoms with Gasteiger partial charge in [-0.15, -0.1) is 0 Å². The first kappa shape index (κ1) is 16.0. The van der Waals surface area contributed by atoms with Crippen LogP contribution in [0.15, 0.2) is 36.4 Å². The molecule has 2 N–H and O–H groups in total. The van der Waals surface area contributed by atoms with Gasteiger partial charge in [0.05, 0.1) is 12.5 Å². The molecule has 0 radical (unpaired) electrons. The first-order valence-electron chi connectivity index (χ1n) is 7.96. The predicted molar refractivity (Wildman–Crippen MR) is 83.9 cm³/mol. The smallest absolute Gasteiger partial charge is 0.306 e. The second-order valence-corrected chi connectivity index (χ2v) is 6.36. The Hall–Kier alpha value is -1.85. The quantitative estimate of drug-likeness (QED) is 0.637. The lowest BCUT2D eigenvalue weighted by molar-refractivity contribution is -0.141. The Labute approximate surface area is 135 Å². The lowest BCUT2D eigenvalue weighted by atomic mass is 9.91. The Bertz CT molecular complexity index is 597. The summed E-state index contributed by atoms with van der Waals surface area (Å²) in [5, 5.41) is 20.1. The molecule has 1 aliphatic carbocycles. The highest BCUT2D eigenvalue weighted by atomic mass is 16.6. The highest BCUT2D eigenvalue weighted by Gasteiger charge is 2.48. The maximum absolute atomic E-state index is 11.3. The molecule has 0 aromatic heterocycles. The standard InChI is InChI=1S/C18H22O5/c1-11-3-2-4-13(7-11)22-10-12(19)5-6-14-15-8-18(21)23-17(15)9-16(14)20/h2-7,12,14-17,19-20H,8-10H2,1H3/b6-5+/t12-,14-,15-,16-,17+/m1/s1. The highest BCUT2D eigenvalue weighted by Crippen LogP contribution is 2.42. The van der Waals surface area contributed by atoms with Gasteiger partial charge in [0.2, 0.25) is 0 Å². The number of carbonyl (C=O) groups is 1. The zero-order valence-corrected chi connectivity index (χ0v) is 13.1. The van der Waals surface area contributed by atoms with Crippen LogP contribution in [0.5, 0.6) is 5.75 Å². The van der Waals surface area contributed by atoms with E-state index in [1.54, 1.807) is 12.2 Å². The largest absolute Gasteiger partial charge is 0.491 e. The van der Waals surface area contributed by atoms with E-state index in [9.17, 15) is 15.0 Å². The summed E-state index contributed by atoms with van der Waals surface area (Å²) in [4.78, 5) is 11.3. The van der Waals surface area contributed by atoms with Crippen LogP contribution in [0.1, 0.15) is 18.4 Å². The van der Waals surface area contributed by atoms with Crippen molar-refractivity contribution >= 4 is 5.97 Å². The van der Waals surface area contributed by atoms with Crippen LogP contribution >= 0.6 is 0 Å². The highest BCUT2D eigenvalue weighted by molar-refractivity contribution is 5.72. The normalized spacial score (nSPS) is 31.2. The van der Waals surface area contributed by atoms with Crippen molar-refractivity contribution in [1.29, 1.82) is 0 Å². The molecule has 5 nitrogen and oxygen atoms in total. The van der Waals surface area contributed by atoms with Crippen LogP contribution in [0.2, 0.25) is 0 Å². The molecule has 1 saturated carbocycles. The van der Waals surface area contributed by atoms with Crippen molar-refractivity contribution in [3.63, 3.8) is 0 Å². The first-order chi connectivity index (χ1) is 11.0. The fraction of sp³-hybridized carbons (Fsp3) is 0.500. The predicted octanol–water partition coefficient (Wildman–Crippen LogP) is 1.60. The Morgan fingerprint density at radius 1 is 1.48 bits per heavy atom. The molecule has 124 valence electrons. The van der Waals surface area contributed by atoms with Gasteiger partial charge in [0, 0.05) is 18.3 Å². The average molecular weight is 318 g/mol. The third-order valence-corrected chi connectivity index (χ3v) is 4.54. The molecule has 2 aliphatic rings. The SMILES string of the molecule is Cc1cccc(OC[C@H](O)/C=C/[C@@H]2[C@H]3CC(=O)O[C@H]3C[C@H]2O)c1. The molecule has 0 amide bonds. The van der Waals surface area contributed by atoms with Gasteiger partial charge in [0.25, 0.3) is 0 Å². The fourth-order valence-electron chi connectivity index (χ4n) is 3.39. The number of ether oxygens (including phenoxy) is 2. The monoisotopic (exact) mass is 318 g/mol.